The van der Waals surface area contributed by atoms with Crippen molar-refractivity contribution in [2.75, 3.05) is 22.1 Å². The van der Waals surface area contributed by atoms with E-state index in [1.54, 1.807) is 69.3 Å². The van der Waals surface area contributed by atoms with Gasteiger partial charge in [0, 0.05) is 28.0 Å². The molecule has 0 radical (unpaired) electrons. The Labute approximate surface area is 234 Å². The number of rotatable bonds is 8. The molecule has 3 aromatic rings. The number of nitrogens with two attached hydrogens (primary N) is 1. The molecule has 0 atom stereocenters. The number of carbonyl (C=O) groups excluding carboxylic acids is 1. The van der Waals surface area contributed by atoms with Gasteiger partial charge in [-0.05, 0) is 81.0 Å². The van der Waals surface area contributed by atoms with Crippen LogP contribution in [-0.2, 0) is 14.8 Å². The van der Waals surface area contributed by atoms with Crippen molar-refractivity contribution >= 4 is 44.9 Å². The topological polar surface area (TPSA) is 137 Å². The highest BCUT2D eigenvalue weighted by molar-refractivity contribution is 7.99. The van der Waals surface area contributed by atoms with Crippen molar-refractivity contribution in [3.63, 3.8) is 0 Å². The highest BCUT2D eigenvalue weighted by Crippen LogP contribution is 2.33. The quantitative estimate of drug-likeness (QED) is 0.192. The number of nitrogens with one attached hydrogen (secondary N) is 4. The van der Waals surface area contributed by atoms with Crippen LogP contribution in [0, 0.1) is 5.41 Å². The summed E-state index contributed by atoms with van der Waals surface area (Å²) in [7, 11) is -3.74. The molecule has 0 aromatic heterocycles. The Morgan fingerprint density at radius 1 is 0.949 bits per heavy atom. The van der Waals surface area contributed by atoms with Crippen molar-refractivity contribution in [3.8, 4) is 11.1 Å². The zero-order valence-electron chi connectivity index (χ0n) is 22.4. The minimum atomic E-state index is -3.74. The Balaban J connectivity index is 1.57. The van der Waals surface area contributed by atoms with Gasteiger partial charge >= 0.3 is 0 Å². The summed E-state index contributed by atoms with van der Waals surface area (Å²) in [6.45, 7) is 5.41. The lowest BCUT2D eigenvalue weighted by atomic mass is 9.90. The molecule has 1 saturated heterocycles. The van der Waals surface area contributed by atoms with Crippen molar-refractivity contribution in [2.24, 2.45) is 5.73 Å². The number of amides is 1. The molecular formula is C29H35N5O3S2. The predicted octanol–water partition coefficient (Wildman–Crippen LogP) is 5.03. The molecule has 4 rings (SSSR count). The monoisotopic (exact) mass is 565 g/mol. The van der Waals surface area contributed by atoms with E-state index in [-0.39, 0.29) is 16.6 Å². The van der Waals surface area contributed by atoms with Crippen molar-refractivity contribution < 1.29 is 13.2 Å². The van der Waals surface area contributed by atoms with Gasteiger partial charge in [-0.1, -0.05) is 42.5 Å². The minimum absolute atomic E-state index is 0.0278. The third-order valence-electron chi connectivity index (χ3n) is 6.41. The molecule has 6 N–H and O–H groups in total. The molecule has 0 unspecified atom stereocenters. The summed E-state index contributed by atoms with van der Waals surface area (Å²) in [6, 6.07) is 21.3. The first-order valence-electron chi connectivity index (χ1n) is 12.7. The smallest absolute Gasteiger partial charge is 0.250 e. The van der Waals surface area contributed by atoms with Crippen LogP contribution >= 0.6 is 11.8 Å². The molecule has 10 heteroatoms. The fraction of sp³-hybridized carbons (Fsp3) is 0.310. The summed E-state index contributed by atoms with van der Waals surface area (Å²) >= 11 is 1.82. The van der Waals surface area contributed by atoms with Gasteiger partial charge in [0.05, 0.1) is 4.90 Å². The van der Waals surface area contributed by atoms with E-state index in [0.717, 1.165) is 22.8 Å². The highest BCUT2D eigenvalue weighted by Gasteiger charge is 2.40. The standard InChI is InChI=1S/C29H35N5O3S2/c1-28(2,3)34-39(36,37)25-10-5-4-9-24(25)20-11-13-22(14-12-20)32-27(35)29(15-17-38-18-16-29)33-23-8-6-7-21(19-23)26(30)31/h4-14,19,33-34H,15-18H2,1-3H3,(H3,30,31)(H,32,35). The zero-order chi connectivity index (χ0) is 28.3. The highest BCUT2D eigenvalue weighted by atomic mass is 32.2. The van der Waals surface area contributed by atoms with Crippen molar-refractivity contribution in [2.45, 2.75) is 49.6 Å². The summed E-state index contributed by atoms with van der Waals surface area (Å²) in [5.41, 5.74) is 7.50. The predicted molar refractivity (Wildman–Crippen MR) is 161 cm³/mol. The maximum absolute atomic E-state index is 13.6. The summed E-state index contributed by atoms with van der Waals surface area (Å²) in [6.07, 6.45) is 1.30. The molecule has 1 aliphatic heterocycles. The molecule has 0 spiro atoms. The number of hydrogen-bond acceptors (Lipinski definition) is 6. The van der Waals surface area contributed by atoms with E-state index in [2.05, 4.69) is 15.4 Å². The van der Waals surface area contributed by atoms with Crippen LogP contribution in [0.3, 0.4) is 0 Å². The largest absolute Gasteiger partial charge is 0.384 e. The second kappa shape index (κ2) is 11.4. The number of amidine groups is 1. The van der Waals surface area contributed by atoms with Gasteiger partial charge in [0.15, 0.2) is 0 Å². The number of hydrogen-bond donors (Lipinski definition) is 5. The molecule has 8 nitrogen and oxygen atoms in total. The van der Waals surface area contributed by atoms with E-state index in [0.29, 0.717) is 29.7 Å². The van der Waals surface area contributed by atoms with Gasteiger partial charge in [-0.2, -0.15) is 11.8 Å². The Kier molecular flexibility index (Phi) is 8.39. The molecule has 1 fully saturated rings. The lowest BCUT2D eigenvalue weighted by molar-refractivity contribution is -0.120. The first-order chi connectivity index (χ1) is 18.4. The maximum atomic E-state index is 13.6. The van der Waals surface area contributed by atoms with Gasteiger partial charge in [0.2, 0.25) is 15.9 Å². The van der Waals surface area contributed by atoms with E-state index in [4.69, 9.17) is 11.1 Å². The Hall–Kier alpha value is -3.34. The van der Waals surface area contributed by atoms with Crippen molar-refractivity contribution in [1.82, 2.24) is 4.72 Å². The summed E-state index contributed by atoms with van der Waals surface area (Å²) in [5, 5.41) is 14.2. The number of thioether (sulfide) groups is 1. The van der Waals surface area contributed by atoms with Crippen LogP contribution in [0.4, 0.5) is 11.4 Å². The first kappa shape index (κ1) is 28.7. The SMILES string of the molecule is CC(C)(C)NS(=O)(=O)c1ccccc1-c1ccc(NC(=O)C2(Nc3cccc(C(=N)N)c3)CCSCC2)cc1. The second-order valence-corrected chi connectivity index (χ2v) is 13.6. The Morgan fingerprint density at radius 2 is 1.62 bits per heavy atom. The fourth-order valence-corrected chi connectivity index (χ4v) is 7.39. The molecule has 206 valence electrons. The number of sulfonamides is 1. The van der Waals surface area contributed by atoms with E-state index in [1.165, 1.54) is 0 Å². The van der Waals surface area contributed by atoms with Gasteiger partial charge in [-0.15, -0.1) is 0 Å². The third-order valence-corrected chi connectivity index (χ3v) is 9.21. The molecule has 0 bridgehead atoms. The molecule has 0 saturated carbocycles. The van der Waals surface area contributed by atoms with E-state index in [9.17, 15) is 13.2 Å². The molecule has 39 heavy (non-hydrogen) atoms. The van der Waals surface area contributed by atoms with Crippen LogP contribution in [0.2, 0.25) is 0 Å². The van der Waals surface area contributed by atoms with Crippen LogP contribution < -0.4 is 21.1 Å². The van der Waals surface area contributed by atoms with E-state index >= 15 is 0 Å². The van der Waals surface area contributed by atoms with Crippen LogP contribution in [0.25, 0.3) is 11.1 Å². The van der Waals surface area contributed by atoms with Gasteiger partial charge in [-0.3, -0.25) is 10.2 Å². The molecule has 1 heterocycles. The minimum Gasteiger partial charge on any atom is -0.384 e. The zero-order valence-corrected chi connectivity index (χ0v) is 24.0. The van der Waals surface area contributed by atoms with Crippen molar-refractivity contribution in [3.05, 3.63) is 78.4 Å². The van der Waals surface area contributed by atoms with Crippen LogP contribution in [0.5, 0.6) is 0 Å². The van der Waals surface area contributed by atoms with Crippen molar-refractivity contribution in [1.29, 1.82) is 5.41 Å². The van der Waals surface area contributed by atoms with E-state index in [1.807, 2.05) is 36.0 Å². The summed E-state index contributed by atoms with van der Waals surface area (Å²) < 4.78 is 28.9. The maximum Gasteiger partial charge on any atom is 0.250 e. The van der Waals surface area contributed by atoms with Gasteiger partial charge in [-0.25, -0.2) is 13.1 Å². The van der Waals surface area contributed by atoms with Crippen LogP contribution in [0.15, 0.2) is 77.7 Å². The number of carbonyl (C=O) groups is 1. The van der Waals surface area contributed by atoms with Crippen LogP contribution in [-0.4, -0.2) is 42.7 Å². The van der Waals surface area contributed by atoms with E-state index < -0.39 is 21.1 Å². The number of nitrogen functional groups attached to an aromatic ring is 1. The first-order valence-corrected chi connectivity index (χ1v) is 15.4. The summed E-state index contributed by atoms with van der Waals surface area (Å²) in [5.74, 6) is 1.53. The van der Waals surface area contributed by atoms with Crippen LogP contribution in [0.1, 0.15) is 39.2 Å². The molecular weight excluding hydrogens is 530 g/mol. The average Bonchev–Trinajstić information content (AvgIpc) is 2.88. The summed E-state index contributed by atoms with van der Waals surface area (Å²) in [4.78, 5) is 13.8. The van der Waals surface area contributed by atoms with Gasteiger partial charge in [0.25, 0.3) is 0 Å². The van der Waals surface area contributed by atoms with Gasteiger partial charge in [0.1, 0.15) is 11.4 Å². The Bertz CT molecular complexity index is 1460. The average molecular weight is 566 g/mol. The molecule has 0 aliphatic carbocycles. The molecule has 1 amide bonds. The Morgan fingerprint density at radius 3 is 2.26 bits per heavy atom. The lowest BCUT2D eigenvalue weighted by Crippen LogP contribution is -2.52. The molecule has 3 aromatic carbocycles. The molecule has 1 aliphatic rings. The lowest BCUT2D eigenvalue weighted by Gasteiger charge is -2.37. The van der Waals surface area contributed by atoms with Gasteiger partial charge < -0.3 is 16.4 Å². The normalized spacial score (nSPS) is 15.4. The second-order valence-electron chi connectivity index (χ2n) is 10.7. The fourth-order valence-electron chi connectivity index (χ4n) is 4.55. The number of anilines is 2. The third kappa shape index (κ3) is 7.00. The number of benzene rings is 3.